The van der Waals surface area contributed by atoms with Gasteiger partial charge >= 0.3 is 67.6 Å². The van der Waals surface area contributed by atoms with Crippen LogP contribution in [0, 0.1) is 0 Å². The predicted molar refractivity (Wildman–Crippen MR) is 62.5 cm³/mol. The van der Waals surface area contributed by atoms with Gasteiger partial charge in [-0.25, -0.2) is 29.6 Å². The molecule has 0 aromatic heterocycles. The Morgan fingerprint density at radius 3 is 1.11 bits per heavy atom. The fraction of sp³-hybridized carbons (Fsp3) is 1.00. The molecule has 0 aromatic carbocycles. The van der Waals surface area contributed by atoms with Crippen LogP contribution in [-0.4, -0.2) is 42.3 Å². The van der Waals surface area contributed by atoms with Crippen molar-refractivity contribution in [3.63, 3.8) is 0 Å². The summed E-state index contributed by atoms with van der Waals surface area (Å²) < 4.78 is 164. The SMILES string of the molecule is O=P([N-]S(=O)(=O)CF)([N-]S(=O)(=O)C(F)(F)F)[N-]S(=O)(=O)C(F)(F)F.[Li+].[Li+].[Li+]. The van der Waals surface area contributed by atoms with Crippen molar-refractivity contribution in [3.05, 3.63) is 13.5 Å². The third-order valence-electron chi connectivity index (χ3n) is 1.38. The van der Waals surface area contributed by atoms with Crippen molar-refractivity contribution in [1.82, 2.24) is 0 Å². The number of sulfonamides is 3. The van der Waals surface area contributed by atoms with Crippen molar-refractivity contribution in [2.24, 2.45) is 0 Å². The van der Waals surface area contributed by atoms with E-state index in [1.165, 1.54) is 13.5 Å². The molecule has 0 amide bonds. The van der Waals surface area contributed by atoms with Gasteiger partial charge in [0.25, 0.3) is 0 Å². The van der Waals surface area contributed by atoms with E-state index < -0.39 is 54.7 Å². The molecule has 0 fully saturated rings. The topological polar surface area (TPSA) is 162 Å². The molecule has 0 saturated heterocycles. The van der Waals surface area contributed by atoms with E-state index in [-0.39, 0.29) is 56.6 Å². The van der Waals surface area contributed by atoms with E-state index in [4.69, 9.17) is 0 Å². The standard InChI is InChI=1S/C3H2F7N3O7PS3.3Li/c4-1-22(15,16)11-21(14,12-23(17,18)2(5,6)7)13-24(19,20)3(8,9)10;;;/h1H2;;;/q-3;3*+1. The number of halogens is 7. The summed E-state index contributed by atoms with van der Waals surface area (Å²) in [7, 11) is -26.6. The number of alkyl halides is 7. The average molecular weight is 473 g/mol. The smallest absolute Gasteiger partial charge is 0.520 e. The minimum atomic E-state index is -7.00. The summed E-state index contributed by atoms with van der Waals surface area (Å²) >= 11 is 0. The second-order valence-corrected chi connectivity index (χ2v) is 10.5. The Morgan fingerprint density at radius 2 is 0.926 bits per heavy atom. The van der Waals surface area contributed by atoms with Crippen molar-refractivity contribution in [3.8, 4) is 0 Å². The Bertz CT molecular complexity index is 790. The van der Waals surface area contributed by atoms with E-state index in [0.717, 1.165) is 0 Å². The van der Waals surface area contributed by atoms with Gasteiger partial charge in [-0.2, -0.15) is 33.9 Å². The molecular weight excluding hydrogens is 471 g/mol. The first kappa shape index (κ1) is 35.7. The zero-order valence-corrected chi connectivity index (χ0v) is 16.6. The number of hydrogen-bond donors (Lipinski definition) is 0. The van der Waals surface area contributed by atoms with E-state index in [2.05, 4.69) is 0 Å². The van der Waals surface area contributed by atoms with Crippen molar-refractivity contribution in [2.75, 3.05) is 6.01 Å². The molecule has 0 spiro atoms. The predicted octanol–water partition coefficient (Wildman–Crippen LogP) is -6.82. The molecule has 0 heterocycles. The third kappa shape index (κ3) is 10.7. The van der Waals surface area contributed by atoms with Crippen LogP contribution in [0.2, 0.25) is 0 Å². The average Bonchev–Trinajstić information content (AvgIpc) is 2.22. The van der Waals surface area contributed by atoms with E-state index in [9.17, 15) is 60.6 Å². The number of hydrogen-bond acceptors (Lipinski definition) is 7. The Kier molecular flexibility index (Phi) is 14.6. The number of nitrogens with zero attached hydrogens (tertiary/aromatic N) is 3. The molecule has 27 heavy (non-hydrogen) atoms. The first-order chi connectivity index (χ1) is 10.2. The zero-order valence-electron chi connectivity index (χ0n) is 13.2. The summed E-state index contributed by atoms with van der Waals surface area (Å²) in [5, 5.41) is 0. The summed E-state index contributed by atoms with van der Waals surface area (Å²) in [4.78, 5) is 0. The molecule has 24 heteroatoms. The molecule has 0 aromatic rings. The molecule has 0 aliphatic rings. The zero-order chi connectivity index (χ0) is 19.8. The molecule has 0 saturated carbocycles. The van der Waals surface area contributed by atoms with Crippen LogP contribution in [-0.2, 0) is 34.6 Å². The van der Waals surface area contributed by atoms with Gasteiger partial charge < -0.3 is 18.0 Å². The molecule has 0 atom stereocenters. The van der Waals surface area contributed by atoms with Crippen LogP contribution in [0.1, 0.15) is 0 Å². The Labute approximate surface area is 184 Å². The third-order valence-corrected chi connectivity index (χ3v) is 8.09. The largest absolute Gasteiger partial charge is 1.00 e. The first-order valence-corrected chi connectivity index (χ1v) is 10.5. The van der Waals surface area contributed by atoms with Gasteiger partial charge in [0.15, 0.2) is 26.1 Å². The molecule has 0 bridgehead atoms. The van der Waals surface area contributed by atoms with Gasteiger partial charge in [-0.05, 0) is 0 Å². The summed E-state index contributed by atoms with van der Waals surface area (Å²) in [6.45, 7) is 0. The summed E-state index contributed by atoms with van der Waals surface area (Å²) in [5.41, 5.74) is -12.8. The summed E-state index contributed by atoms with van der Waals surface area (Å²) in [6, 6.07) is -2.68. The van der Waals surface area contributed by atoms with Crippen molar-refractivity contribution in [1.29, 1.82) is 0 Å². The molecule has 0 N–H and O–H groups in total. The van der Waals surface area contributed by atoms with Gasteiger partial charge in [-0.15, -0.1) is 0 Å². The molecule has 10 nitrogen and oxygen atoms in total. The first-order valence-electron chi connectivity index (χ1n) is 4.43. The van der Waals surface area contributed by atoms with E-state index in [1.807, 2.05) is 0 Å². The van der Waals surface area contributed by atoms with Gasteiger partial charge in [-0.1, -0.05) is 0 Å². The van der Waals surface area contributed by atoms with Crippen LogP contribution in [0.5, 0.6) is 0 Å². The van der Waals surface area contributed by atoms with Crippen LogP contribution in [0.25, 0.3) is 13.5 Å². The normalized spacial score (nSPS) is 13.7. The van der Waals surface area contributed by atoms with Gasteiger partial charge in [0.1, 0.15) is 10.0 Å². The molecular formula is C3H2F7Li3N3O7PS3. The van der Waals surface area contributed by atoms with E-state index in [1.54, 1.807) is 0 Å². The van der Waals surface area contributed by atoms with Gasteiger partial charge in [0.05, 0.1) is 0 Å². The van der Waals surface area contributed by atoms with Crippen LogP contribution in [0.15, 0.2) is 0 Å². The fourth-order valence-electron chi connectivity index (χ4n) is 0.601. The van der Waals surface area contributed by atoms with E-state index in [0.29, 0.717) is 0 Å². The minimum Gasteiger partial charge on any atom is -0.520 e. The van der Waals surface area contributed by atoms with Crippen molar-refractivity contribution in [2.45, 2.75) is 11.0 Å². The Balaban J connectivity index is -0.000000882. The second kappa shape index (κ2) is 11.0. The van der Waals surface area contributed by atoms with Crippen LogP contribution in [0.4, 0.5) is 30.7 Å². The van der Waals surface area contributed by atoms with Gasteiger partial charge in [-0.3, -0.25) is 0 Å². The number of rotatable bonds is 7. The second-order valence-electron chi connectivity index (χ2n) is 3.29. The summed E-state index contributed by atoms with van der Waals surface area (Å²) in [5.74, 6) is 0. The fourth-order valence-corrected chi connectivity index (χ4v) is 6.22. The quantitative estimate of drug-likeness (QED) is 0.202. The van der Waals surface area contributed by atoms with E-state index >= 15 is 0 Å². The van der Waals surface area contributed by atoms with Crippen molar-refractivity contribution < 1.29 is 117 Å². The van der Waals surface area contributed by atoms with Crippen LogP contribution >= 0.6 is 7.59 Å². The molecule has 0 unspecified atom stereocenters. The molecule has 0 rings (SSSR count). The summed E-state index contributed by atoms with van der Waals surface area (Å²) in [6.07, 6.45) is 0. The maximum atomic E-state index is 12.1. The molecule has 0 aliphatic carbocycles. The van der Waals surface area contributed by atoms with Gasteiger partial charge in [0.2, 0.25) is 0 Å². The molecule has 0 radical (unpaired) electrons. The maximum Gasteiger partial charge on any atom is 1.00 e. The van der Waals surface area contributed by atoms with Crippen LogP contribution in [0.3, 0.4) is 0 Å². The van der Waals surface area contributed by atoms with Gasteiger partial charge in [0, 0.05) is 0 Å². The Morgan fingerprint density at radius 1 is 0.667 bits per heavy atom. The van der Waals surface area contributed by atoms with Crippen molar-refractivity contribution >= 4 is 37.7 Å². The monoisotopic (exact) mass is 473 g/mol. The Hall–Kier alpha value is 1.26. The maximum absolute atomic E-state index is 12.1. The molecule has 146 valence electrons. The minimum absolute atomic E-state index is 0. The molecule has 0 aliphatic heterocycles. The van der Waals surface area contributed by atoms with Crippen LogP contribution < -0.4 is 56.6 Å².